The lowest BCUT2D eigenvalue weighted by Crippen LogP contribution is -2.19. The van der Waals surface area contributed by atoms with Crippen LogP contribution in [-0.2, 0) is 9.26 Å². The molecule has 4 unspecified atom stereocenters. The molecule has 0 bridgehead atoms. The largest absolute Gasteiger partial charge is 0.491 e. The van der Waals surface area contributed by atoms with Gasteiger partial charge in [-0.3, -0.25) is 0 Å². The van der Waals surface area contributed by atoms with Crippen LogP contribution < -0.4 is 4.74 Å². The number of hydrogen-bond acceptors (Lipinski definition) is 4. The van der Waals surface area contributed by atoms with Crippen molar-refractivity contribution in [3.8, 4) is 5.75 Å². The SMILES string of the molecule is CC(O)O[C@@H]1CC(CCC(F)COc2ccccc2)[C@H](OPI)C1. The predicted octanol–water partition coefficient (Wildman–Crippen LogP) is 4.65. The van der Waals surface area contributed by atoms with Crippen molar-refractivity contribution in [1.82, 2.24) is 0 Å². The molecule has 0 heterocycles. The van der Waals surface area contributed by atoms with Gasteiger partial charge in [0.2, 0.25) is 0 Å². The van der Waals surface area contributed by atoms with E-state index in [0.29, 0.717) is 18.6 Å². The van der Waals surface area contributed by atoms with E-state index in [0.717, 1.165) is 19.3 Å². The molecule has 0 saturated heterocycles. The van der Waals surface area contributed by atoms with Crippen LogP contribution in [0.1, 0.15) is 32.6 Å². The summed E-state index contributed by atoms with van der Waals surface area (Å²) in [7, 11) is 0. The van der Waals surface area contributed by atoms with Crippen LogP contribution in [0.2, 0.25) is 0 Å². The second kappa shape index (κ2) is 10.9. The van der Waals surface area contributed by atoms with Crippen molar-refractivity contribution in [2.75, 3.05) is 6.61 Å². The van der Waals surface area contributed by atoms with Crippen molar-refractivity contribution in [2.24, 2.45) is 5.92 Å². The molecule has 0 radical (unpaired) electrons. The van der Waals surface area contributed by atoms with Crippen molar-refractivity contribution in [2.45, 2.75) is 57.3 Å². The van der Waals surface area contributed by atoms with Gasteiger partial charge in [0, 0.05) is 6.42 Å². The van der Waals surface area contributed by atoms with E-state index in [9.17, 15) is 9.50 Å². The fraction of sp³-hybridized carbons (Fsp3) is 0.647. The molecule has 1 aromatic carbocycles. The average molecular weight is 470 g/mol. The van der Waals surface area contributed by atoms with Crippen LogP contribution in [0, 0.1) is 5.92 Å². The number of para-hydroxylation sites is 1. The Bertz CT molecular complexity index is 465. The first kappa shape index (κ1) is 20.3. The molecule has 4 nitrogen and oxygen atoms in total. The van der Waals surface area contributed by atoms with Crippen molar-refractivity contribution in [3.63, 3.8) is 0 Å². The van der Waals surface area contributed by atoms with E-state index in [2.05, 4.69) is 22.0 Å². The predicted molar refractivity (Wildman–Crippen MR) is 103 cm³/mol. The van der Waals surface area contributed by atoms with E-state index in [1.807, 2.05) is 30.3 Å². The average Bonchev–Trinajstić information content (AvgIpc) is 2.93. The minimum atomic E-state index is -0.996. The summed E-state index contributed by atoms with van der Waals surface area (Å²) in [5.74, 6) is 0.963. The Morgan fingerprint density at radius 2 is 2.08 bits per heavy atom. The van der Waals surface area contributed by atoms with Crippen LogP contribution in [0.15, 0.2) is 30.3 Å². The molecule has 0 spiro atoms. The first-order valence-electron chi connectivity index (χ1n) is 8.25. The normalized spacial score (nSPS) is 26.8. The Morgan fingerprint density at radius 3 is 2.75 bits per heavy atom. The Kier molecular flexibility index (Phi) is 9.19. The number of hydrogen-bond donors (Lipinski definition) is 1. The number of aliphatic hydroxyl groups excluding tert-OH is 1. The molecule has 0 aliphatic heterocycles. The third kappa shape index (κ3) is 7.08. The van der Waals surface area contributed by atoms with Gasteiger partial charge in [0.1, 0.15) is 18.5 Å². The number of halogens is 2. The summed E-state index contributed by atoms with van der Waals surface area (Å²) in [6.45, 7) is 2.06. The van der Waals surface area contributed by atoms with Gasteiger partial charge < -0.3 is 19.1 Å². The van der Waals surface area contributed by atoms with Crippen LogP contribution >= 0.6 is 28.5 Å². The Labute approximate surface area is 157 Å². The number of alkyl halides is 1. The lowest BCUT2D eigenvalue weighted by molar-refractivity contribution is -0.123. The Balaban J connectivity index is 1.74. The monoisotopic (exact) mass is 470 g/mol. The zero-order valence-corrected chi connectivity index (χ0v) is 16.9. The molecule has 2 rings (SSSR count). The molecule has 1 fully saturated rings. The first-order valence-corrected chi connectivity index (χ1v) is 12.3. The van der Waals surface area contributed by atoms with E-state index >= 15 is 0 Å². The summed E-state index contributed by atoms with van der Waals surface area (Å²) in [6.07, 6.45) is 1.08. The highest BCUT2D eigenvalue weighted by Crippen LogP contribution is 2.39. The molecule has 6 atom stereocenters. The standard InChI is InChI=1S/C17H25FIO4P/c1-12(20)22-16-9-13(17(10-16)23-24-19)7-8-14(18)11-21-15-5-3-2-4-6-15/h2-6,12-14,16-17,20,24H,7-11H2,1H3/t12?,13?,14?,16-,17-/m1/s1. The van der Waals surface area contributed by atoms with Crippen LogP contribution in [0.3, 0.4) is 0 Å². The van der Waals surface area contributed by atoms with Crippen LogP contribution in [-0.4, -0.2) is 36.4 Å². The highest BCUT2D eigenvalue weighted by molar-refractivity contribution is 14.2. The third-order valence-electron chi connectivity index (χ3n) is 4.20. The summed E-state index contributed by atoms with van der Waals surface area (Å²) in [4.78, 5) is 0. The second-order valence-corrected chi connectivity index (χ2v) is 7.83. The molecule has 0 aromatic heterocycles. The van der Waals surface area contributed by atoms with Crippen molar-refractivity contribution in [3.05, 3.63) is 30.3 Å². The summed E-state index contributed by atoms with van der Waals surface area (Å²) in [6, 6.07) is 9.30. The zero-order valence-electron chi connectivity index (χ0n) is 13.7. The summed E-state index contributed by atoms with van der Waals surface area (Å²) in [5.41, 5.74) is 0. The van der Waals surface area contributed by atoms with E-state index in [4.69, 9.17) is 14.0 Å². The second-order valence-electron chi connectivity index (χ2n) is 6.12. The zero-order chi connectivity index (χ0) is 17.4. The lowest BCUT2D eigenvalue weighted by Gasteiger charge is -2.19. The van der Waals surface area contributed by atoms with Crippen LogP contribution in [0.25, 0.3) is 0 Å². The Morgan fingerprint density at radius 1 is 1.33 bits per heavy atom. The summed E-state index contributed by atoms with van der Waals surface area (Å²) >= 11 is 2.20. The van der Waals surface area contributed by atoms with E-state index < -0.39 is 12.5 Å². The molecule has 1 aliphatic rings. The minimum Gasteiger partial charge on any atom is -0.491 e. The highest BCUT2D eigenvalue weighted by atomic mass is 127. The molecular formula is C17H25FIO4P. The maximum Gasteiger partial charge on any atom is 0.152 e. The van der Waals surface area contributed by atoms with Crippen molar-refractivity contribution >= 4 is 28.5 Å². The van der Waals surface area contributed by atoms with E-state index in [-0.39, 0.29) is 24.7 Å². The van der Waals surface area contributed by atoms with Gasteiger partial charge in [-0.1, -0.05) is 18.2 Å². The van der Waals surface area contributed by atoms with Gasteiger partial charge in [0.05, 0.1) is 18.7 Å². The number of ether oxygens (including phenoxy) is 2. The van der Waals surface area contributed by atoms with Crippen molar-refractivity contribution in [1.29, 1.82) is 0 Å². The topological polar surface area (TPSA) is 47.9 Å². The molecule has 1 aromatic rings. The maximum atomic E-state index is 14.1. The molecule has 136 valence electrons. The Hall–Kier alpha value is -0.0100. The maximum absolute atomic E-state index is 14.1. The van der Waals surface area contributed by atoms with E-state index in [1.54, 1.807) is 6.92 Å². The number of benzene rings is 1. The lowest BCUT2D eigenvalue weighted by atomic mass is 9.98. The van der Waals surface area contributed by atoms with Gasteiger partial charge in [-0.05, 0) is 66.3 Å². The number of aliphatic hydroxyl groups is 1. The van der Waals surface area contributed by atoms with Gasteiger partial charge in [-0.25, -0.2) is 4.39 Å². The molecule has 1 aliphatic carbocycles. The summed E-state index contributed by atoms with van der Waals surface area (Å²) < 4.78 is 30.9. The minimum absolute atomic E-state index is 0.00798. The van der Waals surface area contributed by atoms with Gasteiger partial charge in [0.15, 0.2) is 6.29 Å². The molecule has 1 saturated carbocycles. The van der Waals surface area contributed by atoms with Gasteiger partial charge >= 0.3 is 0 Å². The molecule has 24 heavy (non-hydrogen) atoms. The molecule has 1 N–H and O–H groups in total. The fourth-order valence-electron chi connectivity index (χ4n) is 3.11. The fourth-order valence-corrected chi connectivity index (χ4v) is 4.50. The first-order chi connectivity index (χ1) is 11.6. The summed E-state index contributed by atoms with van der Waals surface area (Å²) in [5, 5.41) is 9.37. The van der Waals surface area contributed by atoms with Crippen LogP contribution in [0.5, 0.6) is 5.75 Å². The van der Waals surface area contributed by atoms with Gasteiger partial charge in [-0.15, -0.1) is 0 Å². The number of rotatable bonds is 10. The van der Waals surface area contributed by atoms with E-state index in [1.165, 1.54) is 0 Å². The highest BCUT2D eigenvalue weighted by Gasteiger charge is 2.36. The molecular weight excluding hydrogens is 445 g/mol. The quantitative estimate of drug-likeness (QED) is 0.308. The van der Waals surface area contributed by atoms with Gasteiger partial charge in [-0.2, -0.15) is 0 Å². The van der Waals surface area contributed by atoms with Crippen molar-refractivity contribution < 1.29 is 23.5 Å². The van der Waals surface area contributed by atoms with Crippen LogP contribution in [0.4, 0.5) is 4.39 Å². The molecule has 0 amide bonds. The molecule has 7 heteroatoms. The smallest absolute Gasteiger partial charge is 0.152 e. The van der Waals surface area contributed by atoms with Gasteiger partial charge in [0.25, 0.3) is 0 Å². The third-order valence-corrected chi connectivity index (χ3v) is 5.35.